The second kappa shape index (κ2) is 11.3. The monoisotopic (exact) mass is 448 g/mol. The molecule has 0 radical (unpaired) electrons. The largest absolute Gasteiger partial charge is 0.483 e. The number of ether oxygens (including phenoxy) is 1. The van der Waals surface area contributed by atoms with Crippen LogP contribution in [-0.2, 0) is 22.6 Å². The summed E-state index contributed by atoms with van der Waals surface area (Å²) in [7, 11) is 1.55. The summed E-state index contributed by atoms with van der Waals surface area (Å²) in [6, 6.07) is 20.4. The van der Waals surface area contributed by atoms with E-state index >= 15 is 0 Å². The Hall–Kier alpha value is -3.67. The van der Waals surface area contributed by atoms with Crippen LogP contribution in [0, 0.1) is 19.7 Å². The average molecular weight is 449 g/mol. The van der Waals surface area contributed by atoms with Crippen molar-refractivity contribution >= 4 is 11.8 Å². The van der Waals surface area contributed by atoms with Crippen LogP contribution in [0.4, 0.5) is 4.39 Å². The third kappa shape index (κ3) is 6.42. The molecule has 0 aromatic heterocycles. The van der Waals surface area contributed by atoms with E-state index in [0.717, 1.165) is 22.3 Å². The molecule has 0 fully saturated rings. The SMILES string of the molecule is CNC(=O)C(Cc1ccccc1)N(Cc1ccc(F)cc1)C(=O)COc1cccc(C)c1C. The molecule has 0 saturated heterocycles. The van der Waals surface area contributed by atoms with Gasteiger partial charge in [-0.2, -0.15) is 0 Å². The van der Waals surface area contributed by atoms with E-state index in [4.69, 9.17) is 4.74 Å². The molecule has 6 heteroatoms. The van der Waals surface area contributed by atoms with E-state index in [9.17, 15) is 14.0 Å². The van der Waals surface area contributed by atoms with Gasteiger partial charge in [0.25, 0.3) is 5.91 Å². The number of halogens is 1. The van der Waals surface area contributed by atoms with Crippen molar-refractivity contribution in [3.05, 3.63) is 101 Å². The number of aryl methyl sites for hydroxylation is 1. The highest BCUT2D eigenvalue weighted by atomic mass is 19.1. The molecule has 2 amide bonds. The number of carbonyl (C=O) groups is 2. The van der Waals surface area contributed by atoms with Crippen LogP contribution in [-0.4, -0.2) is 36.4 Å². The Morgan fingerprint density at radius 1 is 0.939 bits per heavy atom. The van der Waals surface area contributed by atoms with Crippen LogP contribution < -0.4 is 10.1 Å². The van der Waals surface area contributed by atoms with Gasteiger partial charge in [-0.15, -0.1) is 0 Å². The van der Waals surface area contributed by atoms with E-state index in [-0.39, 0.29) is 30.8 Å². The van der Waals surface area contributed by atoms with Crippen LogP contribution in [0.2, 0.25) is 0 Å². The van der Waals surface area contributed by atoms with E-state index in [1.165, 1.54) is 17.0 Å². The van der Waals surface area contributed by atoms with Crippen LogP contribution in [0.3, 0.4) is 0 Å². The Bertz CT molecular complexity index is 1080. The van der Waals surface area contributed by atoms with E-state index < -0.39 is 6.04 Å². The van der Waals surface area contributed by atoms with Gasteiger partial charge in [-0.1, -0.05) is 54.6 Å². The zero-order valence-corrected chi connectivity index (χ0v) is 19.2. The molecule has 33 heavy (non-hydrogen) atoms. The van der Waals surface area contributed by atoms with Crippen molar-refractivity contribution in [2.24, 2.45) is 0 Å². The van der Waals surface area contributed by atoms with Gasteiger partial charge in [0.05, 0.1) is 0 Å². The number of amides is 2. The predicted octanol–water partition coefficient (Wildman–Crippen LogP) is 4.21. The van der Waals surface area contributed by atoms with Crippen LogP contribution in [0.15, 0.2) is 72.8 Å². The molecule has 0 heterocycles. The number of hydrogen-bond donors (Lipinski definition) is 1. The Morgan fingerprint density at radius 3 is 2.30 bits per heavy atom. The molecule has 1 N–H and O–H groups in total. The van der Waals surface area contributed by atoms with Crippen molar-refractivity contribution in [1.29, 1.82) is 0 Å². The Balaban J connectivity index is 1.88. The molecular weight excluding hydrogens is 419 g/mol. The molecule has 0 aliphatic heterocycles. The van der Waals surface area contributed by atoms with Crippen molar-refractivity contribution in [3.8, 4) is 5.75 Å². The molecule has 3 rings (SSSR count). The van der Waals surface area contributed by atoms with Crippen molar-refractivity contribution < 1.29 is 18.7 Å². The molecule has 0 bridgehead atoms. The first-order chi connectivity index (χ1) is 15.9. The lowest BCUT2D eigenvalue weighted by molar-refractivity contribution is -0.142. The maximum atomic E-state index is 13.4. The minimum absolute atomic E-state index is 0.153. The van der Waals surface area contributed by atoms with Crippen molar-refractivity contribution in [1.82, 2.24) is 10.2 Å². The quantitative estimate of drug-likeness (QED) is 0.534. The molecular formula is C27H29FN2O3. The van der Waals surface area contributed by atoms with Gasteiger partial charge in [0.15, 0.2) is 6.61 Å². The lowest BCUT2D eigenvalue weighted by Gasteiger charge is -2.31. The van der Waals surface area contributed by atoms with Gasteiger partial charge in [-0.05, 0) is 54.3 Å². The summed E-state index contributed by atoms with van der Waals surface area (Å²) in [5.74, 6) is -0.336. The Kier molecular flexibility index (Phi) is 8.19. The molecule has 3 aromatic rings. The van der Waals surface area contributed by atoms with Gasteiger partial charge in [0, 0.05) is 20.0 Å². The second-order valence-electron chi connectivity index (χ2n) is 7.95. The molecule has 1 unspecified atom stereocenters. The van der Waals surface area contributed by atoms with Gasteiger partial charge in [0.2, 0.25) is 5.91 Å². The highest BCUT2D eigenvalue weighted by molar-refractivity contribution is 5.88. The Labute approximate surface area is 194 Å². The summed E-state index contributed by atoms with van der Waals surface area (Å²) >= 11 is 0. The average Bonchev–Trinajstić information content (AvgIpc) is 2.83. The number of rotatable bonds is 9. The summed E-state index contributed by atoms with van der Waals surface area (Å²) in [6.45, 7) is 3.86. The van der Waals surface area contributed by atoms with Gasteiger partial charge < -0.3 is 15.0 Å². The predicted molar refractivity (Wildman–Crippen MR) is 126 cm³/mol. The third-order valence-electron chi connectivity index (χ3n) is 5.69. The molecule has 5 nitrogen and oxygen atoms in total. The standard InChI is InChI=1S/C27H29FN2O3/c1-19-8-7-11-25(20(19)2)33-18-26(31)30(17-22-12-14-23(28)15-13-22)24(27(32)29-3)16-21-9-5-4-6-10-21/h4-15,24H,16-18H2,1-3H3,(H,29,32). The van der Waals surface area contributed by atoms with Crippen molar-refractivity contribution in [2.75, 3.05) is 13.7 Å². The molecule has 0 aliphatic rings. The number of benzene rings is 3. The first kappa shape index (κ1) is 24.0. The van der Waals surface area contributed by atoms with Crippen LogP contribution in [0.1, 0.15) is 22.3 Å². The summed E-state index contributed by atoms with van der Waals surface area (Å²) in [6.07, 6.45) is 0.344. The van der Waals surface area contributed by atoms with E-state index in [1.807, 2.05) is 62.4 Å². The fourth-order valence-corrected chi connectivity index (χ4v) is 3.61. The lowest BCUT2D eigenvalue weighted by atomic mass is 10.0. The molecule has 0 spiro atoms. The number of nitrogens with zero attached hydrogens (tertiary/aromatic N) is 1. The molecule has 1 atom stereocenters. The fraction of sp³-hybridized carbons (Fsp3) is 0.259. The molecule has 3 aromatic carbocycles. The summed E-state index contributed by atoms with van der Waals surface area (Å²) < 4.78 is 19.3. The van der Waals surface area contributed by atoms with Gasteiger partial charge >= 0.3 is 0 Å². The fourth-order valence-electron chi connectivity index (χ4n) is 3.61. The summed E-state index contributed by atoms with van der Waals surface area (Å²) in [5.41, 5.74) is 3.68. The topological polar surface area (TPSA) is 58.6 Å². The van der Waals surface area contributed by atoms with Gasteiger partial charge in [0.1, 0.15) is 17.6 Å². The number of carbonyl (C=O) groups excluding carboxylic acids is 2. The maximum Gasteiger partial charge on any atom is 0.261 e. The minimum atomic E-state index is -0.753. The number of hydrogen-bond acceptors (Lipinski definition) is 3. The molecule has 0 aliphatic carbocycles. The first-order valence-corrected chi connectivity index (χ1v) is 10.9. The van der Waals surface area contributed by atoms with Crippen LogP contribution >= 0.6 is 0 Å². The van der Waals surface area contributed by atoms with Gasteiger partial charge in [-0.25, -0.2) is 4.39 Å². The van der Waals surface area contributed by atoms with Crippen LogP contribution in [0.25, 0.3) is 0 Å². The maximum absolute atomic E-state index is 13.4. The smallest absolute Gasteiger partial charge is 0.261 e. The van der Waals surface area contributed by atoms with E-state index in [2.05, 4.69) is 5.32 Å². The second-order valence-corrected chi connectivity index (χ2v) is 7.95. The first-order valence-electron chi connectivity index (χ1n) is 10.9. The van der Waals surface area contributed by atoms with Crippen molar-refractivity contribution in [3.63, 3.8) is 0 Å². The lowest BCUT2D eigenvalue weighted by Crippen LogP contribution is -2.51. The zero-order chi connectivity index (χ0) is 23.8. The molecule has 172 valence electrons. The summed E-state index contributed by atoms with van der Waals surface area (Å²) in [5, 5.41) is 2.67. The zero-order valence-electron chi connectivity index (χ0n) is 19.2. The highest BCUT2D eigenvalue weighted by Gasteiger charge is 2.30. The highest BCUT2D eigenvalue weighted by Crippen LogP contribution is 2.21. The molecule has 0 saturated carbocycles. The third-order valence-corrected chi connectivity index (χ3v) is 5.69. The normalized spacial score (nSPS) is 11.5. The van der Waals surface area contributed by atoms with E-state index in [0.29, 0.717) is 12.2 Å². The van der Waals surface area contributed by atoms with Crippen LogP contribution in [0.5, 0.6) is 5.75 Å². The number of nitrogens with one attached hydrogen (secondary N) is 1. The Morgan fingerprint density at radius 2 is 1.64 bits per heavy atom. The van der Waals surface area contributed by atoms with Crippen molar-refractivity contribution in [2.45, 2.75) is 32.9 Å². The minimum Gasteiger partial charge on any atom is -0.483 e. The number of likely N-dealkylation sites (N-methyl/N-ethyl adjacent to an activating group) is 1. The van der Waals surface area contributed by atoms with E-state index in [1.54, 1.807) is 19.2 Å². The van der Waals surface area contributed by atoms with Gasteiger partial charge in [-0.3, -0.25) is 9.59 Å². The summed E-state index contributed by atoms with van der Waals surface area (Å²) in [4.78, 5) is 27.8.